The lowest BCUT2D eigenvalue weighted by Gasteiger charge is -2.17. The Labute approximate surface area is 203 Å². The lowest BCUT2D eigenvalue weighted by Crippen LogP contribution is -2.17. The maximum atomic E-state index is 12.6. The minimum atomic E-state index is -4.36. The lowest BCUT2D eigenvalue weighted by molar-refractivity contribution is -0.137. The van der Waals surface area contributed by atoms with E-state index in [-0.39, 0.29) is 23.9 Å². The average Bonchev–Trinajstić information content (AvgIpc) is 3.16. The molecule has 4 nitrogen and oxygen atoms in total. The SMILES string of the molecule is C=CC[C@@H]1C(/C=C/CCOc2cccc(C(F)(F)F)c2)CC[C@@H]1O.CC.CC.CC(C)OC=O. The average molecular weight is 489 g/mol. The van der Waals surface area contributed by atoms with Crippen molar-refractivity contribution in [2.45, 2.75) is 85.6 Å². The third-order valence-corrected chi connectivity index (χ3v) is 4.70. The van der Waals surface area contributed by atoms with Gasteiger partial charge in [0.2, 0.25) is 0 Å². The van der Waals surface area contributed by atoms with E-state index in [0.717, 1.165) is 31.4 Å². The van der Waals surface area contributed by atoms with E-state index in [1.165, 1.54) is 12.1 Å². The topological polar surface area (TPSA) is 55.8 Å². The van der Waals surface area contributed by atoms with Crippen molar-refractivity contribution in [3.05, 3.63) is 54.6 Å². The molecule has 0 aromatic heterocycles. The fourth-order valence-corrected chi connectivity index (χ4v) is 3.23. The number of rotatable bonds is 9. The molecule has 1 aromatic carbocycles. The molecule has 1 N–H and O–H groups in total. The van der Waals surface area contributed by atoms with Crippen molar-refractivity contribution < 1.29 is 32.5 Å². The van der Waals surface area contributed by atoms with E-state index in [0.29, 0.717) is 25.4 Å². The Balaban J connectivity index is 0. The first kappa shape index (κ1) is 33.9. The van der Waals surface area contributed by atoms with Crippen LogP contribution in [0.2, 0.25) is 0 Å². The molecule has 0 bridgehead atoms. The number of benzene rings is 1. The first-order chi connectivity index (χ1) is 16.2. The fraction of sp³-hybridized carbons (Fsp3) is 0.593. The highest BCUT2D eigenvalue weighted by atomic mass is 19.4. The maximum absolute atomic E-state index is 12.6. The number of aliphatic hydroxyl groups is 1. The number of hydrogen-bond acceptors (Lipinski definition) is 4. The molecule has 3 atom stereocenters. The third kappa shape index (κ3) is 14.8. The Hall–Kier alpha value is -2.28. The Bertz CT molecular complexity index is 672. The molecule has 0 spiro atoms. The second-order valence-corrected chi connectivity index (χ2v) is 7.37. The van der Waals surface area contributed by atoms with Crippen molar-refractivity contribution in [1.82, 2.24) is 0 Å². The zero-order chi connectivity index (χ0) is 26.6. The van der Waals surface area contributed by atoms with Gasteiger partial charge in [-0.15, -0.1) is 6.58 Å². The number of allylic oxidation sites excluding steroid dienone is 2. The van der Waals surface area contributed by atoms with Crippen LogP contribution in [0, 0.1) is 11.8 Å². The van der Waals surface area contributed by atoms with Gasteiger partial charge in [0.05, 0.1) is 24.4 Å². The van der Waals surface area contributed by atoms with E-state index < -0.39 is 11.7 Å². The number of carbonyl (C=O) groups excluding carboxylic acids is 1. The van der Waals surface area contributed by atoms with Gasteiger partial charge in [0.15, 0.2) is 0 Å². The molecule has 1 unspecified atom stereocenters. The molecule has 2 rings (SSSR count). The van der Waals surface area contributed by atoms with Gasteiger partial charge in [-0.25, -0.2) is 0 Å². The smallest absolute Gasteiger partial charge is 0.416 e. The number of ether oxygens (including phenoxy) is 2. The summed E-state index contributed by atoms with van der Waals surface area (Å²) in [5.41, 5.74) is -0.706. The molecule has 0 radical (unpaired) electrons. The largest absolute Gasteiger partial charge is 0.493 e. The predicted octanol–water partition coefficient (Wildman–Crippen LogP) is 7.61. The summed E-state index contributed by atoms with van der Waals surface area (Å²) in [6.07, 6.45) is 4.44. The Morgan fingerprint density at radius 1 is 1.18 bits per heavy atom. The molecule has 0 amide bonds. The normalized spacial score (nSPS) is 19.1. The molecular formula is C27H43F3O4. The second-order valence-electron chi connectivity index (χ2n) is 7.37. The summed E-state index contributed by atoms with van der Waals surface area (Å²) in [5, 5.41) is 9.94. The Kier molecular flexibility index (Phi) is 20.1. The van der Waals surface area contributed by atoms with Crippen LogP contribution in [0.25, 0.3) is 0 Å². The molecule has 1 aromatic rings. The van der Waals surface area contributed by atoms with Crippen molar-refractivity contribution in [1.29, 1.82) is 0 Å². The quantitative estimate of drug-likeness (QED) is 0.221. The molecule has 196 valence electrons. The van der Waals surface area contributed by atoms with Crippen molar-refractivity contribution in [2.24, 2.45) is 11.8 Å². The summed E-state index contributed by atoms with van der Waals surface area (Å²) in [6.45, 7) is 16.1. The van der Waals surface area contributed by atoms with Crippen molar-refractivity contribution >= 4 is 6.47 Å². The summed E-state index contributed by atoms with van der Waals surface area (Å²) in [5.74, 6) is 0.758. The van der Waals surface area contributed by atoms with Gasteiger partial charge in [0.25, 0.3) is 6.47 Å². The van der Waals surface area contributed by atoms with E-state index in [2.05, 4.69) is 17.4 Å². The highest BCUT2D eigenvalue weighted by Crippen LogP contribution is 2.35. The number of hydrogen-bond donors (Lipinski definition) is 1. The van der Waals surface area contributed by atoms with Crippen LogP contribution in [-0.4, -0.2) is 30.4 Å². The van der Waals surface area contributed by atoms with Gasteiger partial charge in [-0.3, -0.25) is 4.79 Å². The van der Waals surface area contributed by atoms with Crippen LogP contribution in [0.1, 0.15) is 72.8 Å². The van der Waals surface area contributed by atoms with Crippen LogP contribution in [-0.2, 0) is 15.7 Å². The number of carbonyl (C=O) groups is 1. The van der Waals surface area contributed by atoms with Crippen LogP contribution in [0.3, 0.4) is 0 Å². The maximum Gasteiger partial charge on any atom is 0.416 e. The van der Waals surface area contributed by atoms with E-state index in [1.54, 1.807) is 13.8 Å². The molecular weight excluding hydrogens is 445 g/mol. The van der Waals surface area contributed by atoms with Crippen molar-refractivity contribution in [2.75, 3.05) is 6.61 Å². The van der Waals surface area contributed by atoms with Crippen LogP contribution >= 0.6 is 0 Å². The molecule has 1 aliphatic rings. The van der Waals surface area contributed by atoms with Crippen LogP contribution in [0.15, 0.2) is 49.1 Å². The molecule has 0 saturated heterocycles. The summed E-state index contributed by atoms with van der Waals surface area (Å²) in [6, 6.07) is 4.90. The van der Waals surface area contributed by atoms with Gasteiger partial charge in [0.1, 0.15) is 5.75 Å². The van der Waals surface area contributed by atoms with Gasteiger partial charge in [0, 0.05) is 0 Å². The second kappa shape index (κ2) is 20.1. The zero-order valence-corrected chi connectivity index (χ0v) is 21.5. The first-order valence-corrected chi connectivity index (χ1v) is 12.0. The Morgan fingerprint density at radius 2 is 1.82 bits per heavy atom. The minimum absolute atomic E-state index is 0.0301. The minimum Gasteiger partial charge on any atom is -0.493 e. The van der Waals surface area contributed by atoms with Gasteiger partial charge < -0.3 is 14.6 Å². The monoisotopic (exact) mass is 488 g/mol. The lowest BCUT2D eigenvalue weighted by atomic mass is 9.91. The number of alkyl halides is 3. The van der Waals surface area contributed by atoms with E-state index >= 15 is 0 Å². The Morgan fingerprint density at radius 3 is 2.32 bits per heavy atom. The highest BCUT2D eigenvalue weighted by molar-refractivity contribution is 5.37. The molecule has 34 heavy (non-hydrogen) atoms. The van der Waals surface area contributed by atoms with Crippen LogP contribution < -0.4 is 4.74 Å². The van der Waals surface area contributed by atoms with Gasteiger partial charge in [-0.05, 0) is 69.6 Å². The standard InChI is InChI=1S/C19H23F3O2.C4H8O2.2C2H6/c1-2-6-17-14(10-11-18(17)23)7-3-4-12-24-16-9-5-8-15(13-16)19(20,21)22;1-4(2)6-3-5;2*1-2/h2-3,5,7-9,13-14,17-18,23H,1,4,6,10-12H2;3-4H,1-2H3;2*1-2H3/b7-3+;;;/t14?,17-,18+;;;/m1.../s1. The molecule has 1 saturated carbocycles. The van der Waals surface area contributed by atoms with Crippen LogP contribution in [0.5, 0.6) is 5.75 Å². The molecule has 0 heterocycles. The number of aliphatic hydroxyl groups excluding tert-OH is 1. The zero-order valence-electron chi connectivity index (χ0n) is 21.5. The summed E-state index contributed by atoms with van der Waals surface area (Å²) in [4.78, 5) is 9.39. The van der Waals surface area contributed by atoms with E-state index in [9.17, 15) is 23.1 Å². The summed E-state index contributed by atoms with van der Waals surface area (Å²) < 4.78 is 47.6. The highest BCUT2D eigenvalue weighted by Gasteiger charge is 2.32. The van der Waals surface area contributed by atoms with Crippen LogP contribution in [0.4, 0.5) is 13.2 Å². The van der Waals surface area contributed by atoms with Gasteiger partial charge in [-0.1, -0.05) is 52.0 Å². The van der Waals surface area contributed by atoms with Gasteiger partial charge >= 0.3 is 6.18 Å². The third-order valence-electron chi connectivity index (χ3n) is 4.70. The molecule has 1 aliphatic carbocycles. The van der Waals surface area contributed by atoms with Gasteiger partial charge in [-0.2, -0.15) is 13.2 Å². The molecule has 0 aliphatic heterocycles. The fourth-order valence-electron chi connectivity index (χ4n) is 3.23. The van der Waals surface area contributed by atoms with Crippen molar-refractivity contribution in [3.63, 3.8) is 0 Å². The summed E-state index contributed by atoms with van der Waals surface area (Å²) >= 11 is 0. The molecule has 1 fully saturated rings. The predicted molar refractivity (Wildman–Crippen MR) is 133 cm³/mol. The molecule has 7 heteroatoms. The first-order valence-electron chi connectivity index (χ1n) is 12.0. The van der Waals surface area contributed by atoms with Crippen molar-refractivity contribution in [3.8, 4) is 5.75 Å². The summed E-state index contributed by atoms with van der Waals surface area (Å²) in [7, 11) is 0. The number of halogens is 3. The van der Waals surface area contributed by atoms with E-state index in [1.807, 2.05) is 39.8 Å². The van der Waals surface area contributed by atoms with E-state index in [4.69, 9.17) is 4.74 Å².